The first-order valence-corrected chi connectivity index (χ1v) is 5.28. The molecule has 0 N–H and O–H groups in total. The van der Waals surface area contributed by atoms with Crippen molar-refractivity contribution in [3.05, 3.63) is 35.4 Å². The van der Waals surface area contributed by atoms with Crippen LogP contribution in [0.5, 0.6) is 0 Å². The van der Waals surface area contributed by atoms with Crippen LogP contribution in [-0.4, -0.2) is 12.3 Å². The van der Waals surface area contributed by atoms with Gasteiger partial charge < -0.3 is 0 Å². The second-order valence-electron chi connectivity index (χ2n) is 4.23. The molecule has 2 rings (SSSR count). The predicted molar refractivity (Wildman–Crippen MR) is 61.2 cm³/mol. The van der Waals surface area contributed by atoms with Crippen LogP contribution < -0.4 is 0 Å². The molecule has 15 heavy (non-hydrogen) atoms. The van der Waals surface area contributed by atoms with E-state index < -0.39 is 0 Å². The Kier molecular flexibility index (Phi) is 2.90. The summed E-state index contributed by atoms with van der Waals surface area (Å²) < 4.78 is 0. The molecule has 1 aliphatic heterocycles. The van der Waals surface area contributed by atoms with Crippen molar-refractivity contribution in [1.82, 2.24) is 0 Å². The van der Waals surface area contributed by atoms with Crippen LogP contribution in [0.3, 0.4) is 0 Å². The third kappa shape index (κ3) is 2.49. The lowest BCUT2D eigenvalue weighted by Gasteiger charge is -2.05. The predicted octanol–water partition coefficient (Wildman–Crippen LogP) is 3.06. The van der Waals surface area contributed by atoms with Gasteiger partial charge in [0.1, 0.15) is 6.54 Å². The highest BCUT2D eigenvalue weighted by Gasteiger charge is 2.07. The number of benzene rings is 1. The van der Waals surface area contributed by atoms with Crippen LogP contribution in [0.4, 0.5) is 0 Å². The summed E-state index contributed by atoms with van der Waals surface area (Å²) in [6.45, 7) is 5.07. The van der Waals surface area contributed by atoms with Gasteiger partial charge in [-0.05, 0) is 28.7 Å². The Hall–Kier alpha value is -1.51. The molecule has 1 heterocycles. The van der Waals surface area contributed by atoms with Crippen molar-refractivity contribution in [1.29, 1.82) is 0 Å². The van der Waals surface area contributed by atoms with Gasteiger partial charge in [-0.1, -0.05) is 38.1 Å². The van der Waals surface area contributed by atoms with E-state index in [0.29, 0.717) is 12.5 Å². The highest BCUT2D eigenvalue weighted by Crippen LogP contribution is 2.12. The van der Waals surface area contributed by atoms with Gasteiger partial charge in [0.15, 0.2) is 0 Å². The summed E-state index contributed by atoms with van der Waals surface area (Å²) in [5, 5.41) is 11.4. The van der Waals surface area contributed by atoms with Crippen LogP contribution in [0.25, 0.3) is 0 Å². The summed E-state index contributed by atoms with van der Waals surface area (Å²) in [5.41, 5.74) is 3.47. The highest BCUT2D eigenvalue weighted by atomic mass is 15.4. The molecular formula is C12H15N3. The topological polar surface area (TPSA) is 37.1 Å². The maximum atomic E-state index is 3.97. The molecular weight excluding hydrogens is 186 g/mol. The van der Waals surface area contributed by atoms with Crippen molar-refractivity contribution < 1.29 is 0 Å². The molecule has 0 bridgehead atoms. The third-order valence-electron chi connectivity index (χ3n) is 2.38. The van der Waals surface area contributed by atoms with Gasteiger partial charge in [0.2, 0.25) is 0 Å². The third-order valence-corrected chi connectivity index (χ3v) is 2.38. The van der Waals surface area contributed by atoms with E-state index in [-0.39, 0.29) is 0 Å². The standard InChI is InChI=1S/C12H15N3/c1-9(2)7-10-3-5-11(6-4-10)12-8-13-15-14-12/h3-6,9H,7-8H2,1-2H3. The minimum Gasteiger partial charge on any atom is -0.162 e. The Bertz CT molecular complexity index is 388. The van der Waals surface area contributed by atoms with E-state index in [2.05, 4.69) is 53.6 Å². The Morgan fingerprint density at radius 1 is 1.20 bits per heavy atom. The van der Waals surface area contributed by atoms with Gasteiger partial charge in [-0.15, -0.1) is 5.10 Å². The number of hydrogen-bond acceptors (Lipinski definition) is 3. The lowest BCUT2D eigenvalue weighted by molar-refractivity contribution is 0.647. The molecule has 0 aromatic heterocycles. The average Bonchev–Trinajstić information content (AvgIpc) is 2.71. The van der Waals surface area contributed by atoms with Crippen molar-refractivity contribution in [3.63, 3.8) is 0 Å². The Morgan fingerprint density at radius 2 is 1.93 bits per heavy atom. The minimum absolute atomic E-state index is 0.615. The molecule has 1 aromatic carbocycles. The van der Waals surface area contributed by atoms with Gasteiger partial charge in [-0.3, -0.25) is 0 Å². The fourth-order valence-corrected chi connectivity index (χ4v) is 1.67. The van der Waals surface area contributed by atoms with Crippen molar-refractivity contribution in [2.75, 3.05) is 6.54 Å². The molecule has 0 amide bonds. The Balaban J connectivity index is 2.10. The van der Waals surface area contributed by atoms with E-state index >= 15 is 0 Å². The summed E-state index contributed by atoms with van der Waals surface area (Å²) >= 11 is 0. The second kappa shape index (κ2) is 4.34. The molecule has 3 heteroatoms. The molecule has 78 valence electrons. The summed E-state index contributed by atoms with van der Waals surface area (Å²) in [6, 6.07) is 8.53. The summed E-state index contributed by atoms with van der Waals surface area (Å²) in [6.07, 6.45) is 1.13. The maximum absolute atomic E-state index is 3.97. The molecule has 0 saturated carbocycles. The zero-order chi connectivity index (χ0) is 10.7. The molecule has 0 fully saturated rings. The number of hydrogen-bond donors (Lipinski definition) is 0. The Morgan fingerprint density at radius 3 is 2.47 bits per heavy atom. The SMILES string of the molecule is CC(C)Cc1ccc(C2=NN=NC2)cc1. The first-order valence-electron chi connectivity index (χ1n) is 5.28. The first kappa shape index (κ1) is 10.0. The lowest BCUT2D eigenvalue weighted by atomic mass is 10.0. The highest BCUT2D eigenvalue weighted by molar-refractivity contribution is 6.02. The fraction of sp³-hybridized carbons (Fsp3) is 0.417. The lowest BCUT2D eigenvalue weighted by Crippen LogP contribution is -2.02. The Labute approximate surface area is 89.9 Å². The van der Waals surface area contributed by atoms with Gasteiger partial charge in [0.05, 0.1) is 5.71 Å². The van der Waals surface area contributed by atoms with E-state index in [1.807, 2.05) is 0 Å². The summed E-state index contributed by atoms with van der Waals surface area (Å²) in [7, 11) is 0. The van der Waals surface area contributed by atoms with Crippen LogP contribution in [0.1, 0.15) is 25.0 Å². The van der Waals surface area contributed by atoms with Crippen molar-refractivity contribution in [2.45, 2.75) is 20.3 Å². The van der Waals surface area contributed by atoms with Crippen molar-refractivity contribution >= 4 is 5.71 Å². The fourth-order valence-electron chi connectivity index (χ4n) is 1.67. The van der Waals surface area contributed by atoms with Gasteiger partial charge in [-0.25, -0.2) is 0 Å². The van der Waals surface area contributed by atoms with E-state index in [1.54, 1.807) is 0 Å². The van der Waals surface area contributed by atoms with Gasteiger partial charge in [-0.2, -0.15) is 5.11 Å². The zero-order valence-corrected chi connectivity index (χ0v) is 9.14. The molecule has 3 nitrogen and oxygen atoms in total. The van der Waals surface area contributed by atoms with Gasteiger partial charge >= 0.3 is 0 Å². The van der Waals surface area contributed by atoms with Crippen LogP contribution >= 0.6 is 0 Å². The largest absolute Gasteiger partial charge is 0.162 e. The monoisotopic (exact) mass is 201 g/mol. The maximum Gasteiger partial charge on any atom is 0.107 e. The molecule has 0 atom stereocenters. The molecule has 0 saturated heterocycles. The van der Waals surface area contributed by atoms with Crippen LogP contribution in [0.15, 0.2) is 39.7 Å². The summed E-state index contributed by atoms with van der Waals surface area (Å²) in [4.78, 5) is 0. The zero-order valence-electron chi connectivity index (χ0n) is 9.14. The molecule has 0 aliphatic carbocycles. The van der Waals surface area contributed by atoms with E-state index in [0.717, 1.165) is 17.7 Å². The molecule has 1 aromatic rings. The molecule has 0 spiro atoms. The molecule has 1 aliphatic rings. The van der Waals surface area contributed by atoms with E-state index in [4.69, 9.17) is 0 Å². The minimum atomic E-state index is 0.615. The van der Waals surface area contributed by atoms with Gasteiger partial charge in [0.25, 0.3) is 0 Å². The van der Waals surface area contributed by atoms with Gasteiger partial charge in [0, 0.05) is 0 Å². The smallest absolute Gasteiger partial charge is 0.107 e. The van der Waals surface area contributed by atoms with Crippen molar-refractivity contribution in [3.8, 4) is 0 Å². The molecule has 0 unspecified atom stereocenters. The quantitative estimate of drug-likeness (QED) is 0.720. The average molecular weight is 201 g/mol. The normalized spacial score (nSPS) is 14.7. The number of rotatable bonds is 3. The molecule has 0 radical (unpaired) electrons. The van der Waals surface area contributed by atoms with Crippen LogP contribution in [-0.2, 0) is 6.42 Å². The summed E-state index contributed by atoms with van der Waals surface area (Å²) in [5.74, 6) is 0.699. The first-order chi connectivity index (χ1) is 7.25. The van der Waals surface area contributed by atoms with E-state index in [9.17, 15) is 0 Å². The number of nitrogens with zero attached hydrogens (tertiary/aromatic N) is 3. The second-order valence-corrected chi connectivity index (χ2v) is 4.23. The van der Waals surface area contributed by atoms with Crippen molar-refractivity contribution in [2.24, 2.45) is 21.4 Å². The van der Waals surface area contributed by atoms with Crippen LogP contribution in [0, 0.1) is 5.92 Å². The van der Waals surface area contributed by atoms with E-state index in [1.165, 1.54) is 5.56 Å². The van der Waals surface area contributed by atoms with Crippen LogP contribution in [0.2, 0.25) is 0 Å².